The Balaban J connectivity index is 2.14. The predicted molar refractivity (Wildman–Crippen MR) is 81.1 cm³/mol. The van der Waals surface area contributed by atoms with Crippen molar-refractivity contribution >= 4 is 17.6 Å². The van der Waals surface area contributed by atoms with E-state index >= 15 is 0 Å². The van der Waals surface area contributed by atoms with Crippen molar-refractivity contribution in [2.45, 2.75) is 32.3 Å². The van der Waals surface area contributed by atoms with Crippen LogP contribution in [0.2, 0.25) is 0 Å². The molecule has 1 aromatic rings. The number of hydrogen-bond donors (Lipinski definition) is 1. The van der Waals surface area contributed by atoms with Crippen LogP contribution in [-0.4, -0.2) is 42.8 Å². The van der Waals surface area contributed by atoms with Crippen molar-refractivity contribution < 1.29 is 24.2 Å². The molecule has 0 bridgehead atoms. The summed E-state index contributed by atoms with van der Waals surface area (Å²) in [4.78, 5) is 24.7. The minimum absolute atomic E-state index is 0.115. The Morgan fingerprint density at radius 2 is 1.91 bits per heavy atom. The molecule has 0 amide bonds. The summed E-state index contributed by atoms with van der Waals surface area (Å²) in [5, 5.41) is 10.0. The highest BCUT2D eigenvalue weighted by Crippen LogP contribution is 2.34. The Labute approximate surface area is 129 Å². The van der Waals surface area contributed by atoms with E-state index in [0.717, 1.165) is 0 Å². The lowest BCUT2D eigenvalue weighted by Gasteiger charge is -2.39. The highest BCUT2D eigenvalue weighted by atomic mass is 16.6. The van der Waals surface area contributed by atoms with Gasteiger partial charge in [-0.3, -0.25) is 4.79 Å². The van der Waals surface area contributed by atoms with Crippen LogP contribution in [0, 0.1) is 0 Å². The zero-order valence-corrected chi connectivity index (χ0v) is 13.1. The molecule has 0 aliphatic carbocycles. The molecule has 2 rings (SSSR count). The highest BCUT2D eigenvalue weighted by Gasteiger charge is 2.33. The van der Waals surface area contributed by atoms with Crippen LogP contribution < -0.4 is 4.90 Å². The summed E-state index contributed by atoms with van der Waals surface area (Å²) in [7, 11) is 1.32. The van der Waals surface area contributed by atoms with Crippen LogP contribution in [0.4, 0.5) is 5.69 Å². The average molecular weight is 307 g/mol. The number of nitrogens with zero attached hydrogens (tertiary/aromatic N) is 1. The standard InChI is InChI=1S/C16H21NO5/c1-11(18)22-16(2)6-8-17(9-7-16)13-10-12(15(20)21-3)4-5-14(13)19/h4-5,10,19H,6-9H2,1-3H3. The molecular formula is C16H21NO5. The number of anilines is 1. The number of methoxy groups -OCH3 is 1. The zero-order valence-electron chi connectivity index (χ0n) is 13.1. The van der Waals surface area contributed by atoms with Gasteiger partial charge in [-0.05, 0) is 25.1 Å². The number of carbonyl (C=O) groups is 2. The summed E-state index contributed by atoms with van der Waals surface area (Å²) in [6, 6.07) is 4.63. The molecule has 120 valence electrons. The second-order valence-corrected chi connectivity index (χ2v) is 5.73. The number of aromatic hydroxyl groups is 1. The molecule has 0 unspecified atom stereocenters. The van der Waals surface area contributed by atoms with Crippen LogP contribution in [0.5, 0.6) is 5.75 Å². The van der Waals surface area contributed by atoms with Crippen LogP contribution in [0.15, 0.2) is 18.2 Å². The van der Waals surface area contributed by atoms with Crippen molar-refractivity contribution in [3.63, 3.8) is 0 Å². The SMILES string of the molecule is COC(=O)c1ccc(O)c(N2CCC(C)(OC(C)=O)CC2)c1. The Kier molecular flexibility index (Phi) is 4.59. The van der Waals surface area contributed by atoms with Gasteiger partial charge in [-0.1, -0.05) is 0 Å². The number of phenols is 1. The van der Waals surface area contributed by atoms with Crippen molar-refractivity contribution in [1.29, 1.82) is 0 Å². The number of carbonyl (C=O) groups excluding carboxylic acids is 2. The molecule has 6 nitrogen and oxygen atoms in total. The molecule has 0 aromatic heterocycles. The van der Waals surface area contributed by atoms with Crippen LogP contribution in [0.3, 0.4) is 0 Å². The van der Waals surface area contributed by atoms with E-state index in [-0.39, 0.29) is 11.7 Å². The largest absolute Gasteiger partial charge is 0.506 e. The maximum atomic E-state index is 11.6. The van der Waals surface area contributed by atoms with Crippen molar-refractivity contribution in [1.82, 2.24) is 0 Å². The summed E-state index contributed by atoms with van der Waals surface area (Å²) in [5.41, 5.74) is 0.508. The molecule has 1 saturated heterocycles. The van der Waals surface area contributed by atoms with Gasteiger partial charge in [-0.2, -0.15) is 0 Å². The van der Waals surface area contributed by atoms with E-state index in [1.807, 2.05) is 11.8 Å². The van der Waals surface area contributed by atoms with Gasteiger partial charge in [-0.15, -0.1) is 0 Å². The van der Waals surface area contributed by atoms with Crippen molar-refractivity contribution in [2.24, 2.45) is 0 Å². The summed E-state index contributed by atoms with van der Waals surface area (Å²) in [6.07, 6.45) is 1.32. The van der Waals surface area contributed by atoms with Gasteiger partial charge in [-0.25, -0.2) is 4.79 Å². The number of benzene rings is 1. The van der Waals surface area contributed by atoms with Crippen LogP contribution in [0.25, 0.3) is 0 Å². The van der Waals surface area contributed by atoms with E-state index in [0.29, 0.717) is 37.2 Å². The fourth-order valence-electron chi connectivity index (χ4n) is 2.69. The maximum absolute atomic E-state index is 11.6. The number of phenolic OH excluding ortho intramolecular Hbond substituents is 1. The van der Waals surface area contributed by atoms with E-state index in [1.54, 1.807) is 6.07 Å². The number of esters is 2. The van der Waals surface area contributed by atoms with Gasteiger partial charge in [0.05, 0.1) is 18.4 Å². The first kappa shape index (κ1) is 16.1. The molecule has 1 aliphatic heterocycles. The lowest BCUT2D eigenvalue weighted by Crippen LogP contribution is -2.45. The summed E-state index contributed by atoms with van der Waals surface area (Å²) in [5.74, 6) is -0.613. The van der Waals surface area contributed by atoms with Crippen LogP contribution >= 0.6 is 0 Å². The van der Waals surface area contributed by atoms with Crippen molar-refractivity contribution in [3.8, 4) is 5.75 Å². The third kappa shape index (κ3) is 3.50. The van der Waals surface area contributed by atoms with E-state index in [1.165, 1.54) is 26.2 Å². The van der Waals surface area contributed by atoms with E-state index in [4.69, 9.17) is 9.47 Å². The first-order valence-corrected chi connectivity index (χ1v) is 7.20. The molecule has 22 heavy (non-hydrogen) atoms. The molecule has 0 radical (unpaired) electrons. The minimum atomic E-state index is -0.474. The molecule has 1 heterocycles. The number of piperidine rings is 1. The van der Waals surface area contributed by atoms with Gasteiger partial charge in [0.25, 0.3) is 0 Å². The van der Waals surface area contributed by atoms with E-state index in [2.05, 4.69) is 0 Å². The molecule has 0 atom stereocenters. The monoisotopic (exact) mass is 307 g/mol. The molecule has 6 heteroatoms. The topological polar surface area (TPSA) is 76.1 Å². The molecule has 1 N–H and O–H groups in total. The van der Waals surface area contributed by atoms with Gasteiger partial charge in [0.2, 0.25) is 0 Å². The molecule has 1 aliphatic rings. The van der Waals surface area contributed by atoms with Gasteiger partial charge in [0.15, 0.2) is 0 Å². The Hall–Kier alpha value is -2.24. The van der Waals surface area contributed by atoms with Crippen molar-refractivity contribution in [3.05, 3.63) is 23.8 Å². The number of hydrogen-bond acceptors (Lipinski definition) is 6. The Morgan fingerprint density at radius 3 is 2.45 bits per heavy atom. The third-order valence-electron chi connectivity index (χ3n) is 3.95. The van der Waals surface area contributed by atoms with E-state index < -0.39 is 11.6 Å². The lowest BCUT2D eigenvalue weighted by molar-refractivity contribution is -0.157. The zero-order chi connectivity index (χ0) is 16.3. The minimum Gasteiger partial charge on any atom is -0.506 e. The fourth-order valence-corrected chi connectivity index (χ4v) is 2.69. The molecular weight excluding hydrogens is 286 g/mol. The second kappa shape index (κ2) is 6.25. The first-order chi connectivity index (χ1) is 10.3. The van der Waals surface area contributed by atoms with Gasteiger partial charge >= 0.3 is 11.9 Å². The van der Waals surface area contributed by atoms with E-state index in [9.17, 15) is 14.7 Å². The molecule has 1 fully saturated rings. The number of ether oxygens (including phenoxy) is 2. The van der Waals surface area contributed by atoms with Crippen LogP contribution in [-0.2, 0) is 14.3 Å². The first-order valence-electron chi connectivity index (χ1n) is 7.20. The summed E-state index contributed by atoms with van der Waals surface area (Å²) in [6.45, 7) is 4.57. The van der Waals surface area contributed by atoms with Gasteiger partial charge in [0, 0.05) is 32.9 Å². The maximum Gasteiger partial charge on any atom is 0.337 e. The molecule has 1 aromatic carbocycles. The smallest absolute Gasteiger partial charge is 0.337 e. The quantitative estimate of drug-likeness (QED) is 0.862. The summed E-state index contributed by atoms with van der Waals surface area (Å²) >= 11 is 0. The molecule has 0 saturated carbocycles. The normalized spacial score (nSPS) is 17.0. The Morgan fingerprint density at radius 1 is 1.27 bits per heavy atom. The summed E-state index contributed by atoms with van der Waals surface area (Å²) < 4.78 is 10.1. The second-order valence-electron chi connectivity index (χ2n) is 5.73. The molecule has 0 spiro atoms. The van der Waals surface area contributed by atoms with Crippen LogP contribution in [0.1, 0.15) is 37.0 Å². The average Bonchev–Trinajstić information content (AvgIpc) is 2.47. The highest BCUT2D eigenvalue weighted by molar-refractivity contribution is 5.91. The number of rotatable bonds is 3. The van der Waals surface area contributed by atoms with Gasteiger partial charge < -0.3 is 19.5 Å². The fraction of sp³-hybridized carbons (Fsp3) is 0.500. The predicted octanol–water partition coefficient (Wildman–Crippen LogP) is 2.10. The van der Waals surface area contributed by atoms with Gasteiger partial charge in [0.1, 0.15) is 11.4 Å². The third-order valence-corrected chi connectivity index (χ3v) is 3.95. The lowest BCUT2D eigenvalue weighted by atomic mass is 9.92. The van der Waals surface area contributed by atoms with Crippen molar-refractivity contribution in [2.75, 3.05) is 25.1 Å². The Bertz CT molecular complexity index is 576.